The van der Waals surface area contributed by atoms with Crippen molar-refractivity contribution in [1.82, 2.24) is 9.88 Å². The van der Waals surface area contributed by atoms with E-state index in [1.54, 1.807) is 23.4 Å². The van der Waals surface area contributed by atoms with Crippen LogP contribution in [0, 0.1) is 0 Å². The number of carbonyl (C=O) groups is 1. The zero-order valence-electron chi connectivity index (χ0n) is 11.9. The molecule has 1 unspecified atom stereocenters. The third-order valence-electron chi connectivity index (χ3n) is 2.89. The molecule has 1 aromatic rings. The Balaban J connectivity index is 1.84. The number of ether oxygens (including phenoxy) is 2. The van der Waals surface area contributed by atoms with Gasteiger partial charge in [0.1, 0.15) is 18.0 Å². The molecule has 0 bridgehead atoms. The highest BCUT2D eigenvalue weighted by Crippen LogP contribution is 2.23. The number of pyridine rings is 1. The van der Waals surface area contributed by atoms with Crippen molar-refractivity contribution in [3.8, 4) is 5.75 Å². The summed E-state index contributed by atoms with van der Waals surface area (Å²) < 4.78 is 10.9. The Morgan fingerprint density at radius 3 is 2.80 bits per heavy atom. The average molecular weight is 299 g/mol. The molecule has 1 saturated heterocycles. The van der Waals surface area contributed by atoms with Crippen LogP contribution in [0.2, 0.25) is 5.02 Å². The van der Waals surface area contributed by atoms with Gasteiger partial charge in [-0.1, -0.05) is 11.6 Å². The summed E-state index contributed by atoms with van der Waals surface area (Å²) in [6.07, 6.45) is 3.77. The molecule has 0 aliphatic carbocycles. The highest BCUT2D eigenvalue weighted by atomic mass is 35.5. The number of likely N-dealkylation sites (tertiary alicyclic amines) is 1. The second-order valence-electron chi connectivity index (χ2n) is 5.77. The van der Waals surface area contributed by atoms with Crippen molar-refractivity contribution >= 4 is 17.7 Å². The number of hydrogen-bond acceptors (Lipinski definition) is 4. The molecule has 20 heavy (non-hydrogen) atoms. The van der Waals surface area contributed by atoms with E-state index < -0.39 is 5.60 Å². The number of amides is 1. The Bertz CT molecular complexity index is 488. The van der Waals surface area contributed by atoms with E-state index in [2.05, 4.69) is 4.98 Å². The van der Waals surface area contributed by atoms with Gasteiger partial charge in [-0.05, 0) is 27.2 Å². The van der Waals surface area contributed by atoms with Gasteiger partial charge in [0.2, 0.25) is 0 Å². The van der Waals surface area contributed by atoms with E-state index in [4.69, 9.17) is 21.1 Å². The lowest BCUT2D eigenvalue weighted by Gasteiger charge is -2.40. The first-order valence-electron chi connectivity index (χ1n) is 6.58. The smallest absolute Gasteiger partial charge is 0.410 e. The monoisotopic (exact) mass is 298 g/mol. The molecule has 0 saturated carbocycles. The van der Waals surface area contributed by atoms with Crippen LogP contribution in [0.4, 0.5) is 4.79 Å². The van der Waals surface area contributed by atoms with Crippen LogP contribution in [-0.4, -0.2) is 40.8 Å². The summed E-state index contributed by atoms with van der Waals surface area (Å²) in [5.41, 5.74) is -0.477. The van der Waals surface area contributed by atoms with E-state index in [1.807, 2.05) is 20.8 Å². The largest absolute Gasteiger partial charge is 0.490 e. The quantitative estimate of drug-likeness (QED) is 0.860. The van der Waals surface area contributed by atoms with Crippen molar-refractivity contribution < 1.29 is 14.3 Å². The van der Waals surface area contributed by atoms with Crippen molar-refractivity contribution in [3.63, 3.8) is 0 Å². The molecule has 0 aromatic carbocycles. The van der Waals surface area contributed by atoms with Gasteiger partial charge >= 0.3 is 6.09 Å². The first-order valence-corrected chi connectivity index (χ1v) is 6.96. The molecule has 1 atom stereocenters. The molecule has 0 spiro atoms. The van der Waals surface area contributed by atoms with E-state index in [9.17, 15) is 4.79 Å². The molecule has 5 nitrogen and oxygen atoms in total. The molecule has 2 heterocycles. The maximum Gasteiger partial charge on any atom is 0.410 e. The maximum atomic E-state index is 11.9. The van der Waals surface area contributed by atoms with Gasteiger partial charge in [-0.15, -0.1) is 0 Å². The summed E-state index contributed by atoms with van der Waals surface area (Å²) in [6.45, 7) is 6.69. The fourth-order valence-corrected chi connectivity index (χ4v) is 2.00. The van der Waals surface area contributed by atoms with Crippen LogP contribution in [0.3, 0.4) is 0 Å². The standard InChI is InChI=1S/C14H19ClN2O3/c1-14(2,3)20-13(18)17-5-4-11(17)9-19-12-6-10(15)7-16-8-12/h6-8,11H,4-5,9H2,1-3H3. The highest BCUT2D eigenvalue weighted by molar-refractivity contribution is 6.30. The Hall–Kier alpha value is -1.49. The second-order valence-corrected chi connectivity index (χ2v) is 6.20. The molecule has 1 aromatic heterocycles. The second kappa shape index (κ2) is 5.87. The normalized spacial score (nSPS) is 18.4. The Morgan fingerprint density at radius 1 is 1.50 bits per heavy atom. The molecule has 1 aliphatic heterocycles. The third kappa shape index (κ3) is 4.00. The lowest BCUT2D eigenvalue weighted by Crippen LogP contribution is -2.55. The Labute approximate surface area is 123 Å². The van der Waals surface area contributed by atoms with E-state index in [0.29, 0.717) is 23.9 Å². The molecule has 110 valence electrons. The topological polar surface area (TPSA) is 51.7 Å². The third-order valence-corrected chi connectivity index (χ3v) is 3.10. The van der Waals surface area contributed by atoms with Gasteiger partial charge in [0, 0.05) is 18.8 Å². The SMILES string of the molecule is CC(C)(C)OC(=O)N1CCC1COc1cncc(Cl)c1. The number of rotatable bonds is 3. The van der Waals surface area contributed by atoms with Gasteiger partial charge in [0.05, 0.1) is 17.3 Å². The van der Waals surface area contributed by atoms with Crippen molar-refractivity contribution in [3.05, 3.63) is 23.5 Å². The van der Waals surface area contributed by atoms with Gasteiger partial charge in [0.25, 0.3) is 0 Å². The summed E-state index contributed by atoms with van der Waals surface area (Å²) in [5, 5.41) is 0.528. The lowest BCUT2D eigenvalue weighted by molar-refractivity contribution is -0.0141. The summed E-state index contributed by atoms with van der Waals surface area (Å²) in [7, 11) is 0. The van der Waals surface area contributed by atoms with Crippen LogP contribution in [0.5, 0.6) is 5.75 Å². The molecular weight excluding hydrogens is 280 g/mol. The molecule has 1 aliphatic rings. The molecule has 1 fully saturated rings. The van der Waals surface area contributed by atoms with Crippen molar-refractivity contribution in [2.45, 2.75) is 38.8 Å². The molecule has 6 heteroatoms. The number of carbonyl (C=O) groups excluding carboxylic acids is 1. The summed E-state index contributed by atoms with van der Waals surface area (Å²) in [4.78, 5) is 17.6. The van der Waals surface area contributed by atoms with Crippen LogP contribution in [0.25, 0.3) is 0 Å². The van der Waals surface area contributed by atoms with Crippen LogP contribution in [0.15, 0.2) is 18.5 Å². The van der Waals surface area contributed by atoms with Gasteiger partial charge in [0.15, 0.2) is 0 Å². The molecule has 2 rings (SSSR count). The molecule has 1 amide bonds. The average Bonchev–Trinajstić information content (AvgIpc) is 2.24. The van der Waals surface area contributed by atoms with Gasteiger partial charge < -0.3 is 14.4 Å². The van der Waals surface area contributed by atoms with Crippen molar-refractivity contribution in [2.24, 2.45) is 0 Å². The van der Waals surface area contributed by atoms with E-state index in [1.165, 1.54) is 0 Å². The lowest BCUT2D eigenvalue weighted by atomic mass is 10.1. The van der Waals surface area contributed by atoms with E-state index >= 15 is 0 Å². The van der Waals surface area contributed by atoms with Crippen LogP contribution in [-0.2, 0) is 4.74 Å². The van der Waals surface area contributed by atoms with Gasteiger partial charge in [-0.25, -0.2) is 4.79 Å². The highest BCUT2D eigenvalue weighted by Gasteiger charge is 2.35. The van der Waals surface area contributed by atoms with Crippen molar-refractivity contribution in [1.29, 1.82) is 0 Å². The van der Waals surface area contributed by atoms with E-state index in [-0.39, 0.29) is 12.1 Å². The van der Waals surface area contributed by atoms with Gasteiger partial charge in [-0.2, -0.15) is 0 Å². The van der Waals surface area contributed by atoms with Crippen LogP contribution in [0.1, 0.15) is 27.2 Å². The van der Waals surface area contributed by atoms with Gasteiger partial charge in [-0.3, -0.25) is 4.98 Å². The Kier molecular flexibility index (Phi) is 4.38. The molecule has 0 N–H and O–H groups in total. The molecule has 0 radical (unpaired) electrons. The maximum absolute atomic E-state index is 11.9. The summed E-state index contributed by atoms with van der Waals surface area (Å²) in [5.74, 6) is 0.605. The fourth-order valence-electron chi connectivity index (χ4n) is 1.84. The predicted molar refractivity (Wildman–Crippen MR) is 76.1 cm³/mol. The first kappa shape index (κ1) is 14.9. The van der Waals surface area contributed by atoms with Crippen LogP contribution >= 0.6 is 11.6 Å². The van der Waals surface area contributed by atoms with Crippen LogP contribution < -0.4 is 4.74 Å². The minimum atomic E-state index is -0.477. The number of nitrogens with zero attached hydrogens (tertiary/aromatic N) is 2. The summed E-state index contributed by atoms with van der Waals surface area (Å²) >= 11 is 5.83. The van der Waals surface area contributed by atoms with Crippen molar-refractivity contribution in [2.75, 3.05) is 13.2 Å². The number of halogens is 1. The number of hydrogen-bond donors (Lipinski definition) is 0. The summed E-state index contributed by atoms with van der Waals surface area (Å²) in [6, 6.07) is 1.74. The minimum Gasteiger partial charge on any atom is -0.490 e. The number of aromatic nitrogens is 1. The predicted octanol–water partition coefficient (Wildman–Crippen LogP) is 3.12. The van der Waals surface area contributed by atoms with E-state index in [0.717, 1.165) is 6.42 Å². The zero-order chi connectivity index (χ0) is 14.8. The Morgan fingerprint density at radius 2 is 2.25 bits per heavy atom. The first-order chi connectivity index (χ1) is 9.35. The fraction of sp³-hybridized carbons (Fsp3) is 0.571. The minimum absolute atomic E-state index is 0.0452. The zero-order valence-corrected chi connectivity index (χ0v) is 12.7. The molecular formula is C14H19ClN2O3.